The molecule has 0 spiro atoms. The Kier molecular flexibility index (Phi) is 10.5. The first-order valence-corrected chi connectivity index (χ1v) is 7.23. The maximum absolute atomic E-state index is 11.5. The van der Waals surface area contributed by atoms with Crippen LogP contribution in [-0.4, -0.2) is 35.8 Å². The van der Waals surface area contributed by atoms with E-state index in [1.54, 1.807) is 0 Å². The van der Waals surface area contributed by atoms with Crippen molar-refractivity contribution < 1.29 is 14.3 Å². The zero-order valence-corrected chi connectivity index (χ0v) is 12.9. The summed E-state index contributed by atoms with van der Waals surface area (Å²) < 4.78 is 11.2. The average Bonchev–Trinajstić information content (AvgIpc) is 2.29. The Labute approximate surface area is 116 Å². The summed E-state index contributed by atoms with van der Waals surface area (Å²) >= 11 is 3.89. The van der Waals surface area contributed by atoms with Crippen LogP contribution in [0.1, 0.15) is 53.4 Å². The molecule has 0 N–H and O–H groups in total. The van der Waals surface area contributed by atoms with Crippen molar-refractivity contribution in [2.75, 3.05) is 13.2 Å². The second kappa shape index (κ2) is 10.6. The number of carbonyl (C=O) groups excluding carboxylic acids is 1. The highest BCUT2D eigenvalue weighted by molar-refractivity contribution is 7.96. The van der Waals surface area contributed by atoms with Gasteiger partial charge in [0.1, 0.15) is 12.5 Å². The van der Waals surface area contributed by atoms with E-state index in [9.17, 15) is 4.79 Å². The van der Waals surface area contributed by atoms with Crippen molar-refractivity contribution in [3.05, 3.63) is 0 Å². The number of hydrogen-bond donors (Lipinski definition) is 1. The van der Waals surface area contributed by atoms with Crippen molar-refractivity contribution in [1.29, 1.82) is 0 Å². The van der Waals surface area contributed by atoms with Crippen LogP contribution in [0, 0.1) is 0 Å². The summed E-state index contributed by atoms with van der Waals surface area (Å²) in [4.78, 5) is 13.0. The monoisotopic (exact) mass is 277 g/mol. The molecule has 0 aromatic rings. The summed E-state index contributed by atoms with van der Waals surface area (Å²) in [5.74, 6) is 0. The quantitative estimate of drug-likeness (QED) is 0.376. The highest BCUT2D eigenvalue weighted by Gasteiger charge is 2.24. The van der Waals surface area contributed by atoms with Crippen LogP contribution in [-0.2, 0) is 9.47 Å². The van der Waals surface area contributed by atoms with Gasteiger partial charge in [-0.1, -0.05) is 39.3 Å². The number of unbranched alkanes of at least 4 members (excludes halogenated alkanes) is 2. The van der Waals surface area contributed by atoms with E-state index in [0.29, 0.717) is 13.2 Å². The molecule has 0 aromatic carbocycles. The zero-order valence-electron chi connectivity index (χ0n) is 12.0. The summed E-state index contributed by atoms with van der Waals surface area (Å²) in [6, 6.07) is 0. The molecule has 18 heavy (non-hydrogen) atoms. The number of hydrogen-bond acceptors (Lipinski definition) is 3. The number of ether oxygens (including phenoxy) is 2. The number of carbonyl (C=O) groups is 1. The number of rotatable bonds is 10. The minimum absolute atomic E-state index is 0.307. The lowest BCUT2D eigenvalue weighted by Gasteiger charge is -2.32. The zero-order chi connectivity index (χ0) is 14.0. The minimum Gasteiger partial charge on any atom is -0.358 e. The predicted octanol–water partition coefficient (Wildman–Crippen LogP) is 3.66. The Hall–Kier alpha value is -0.260. The topological polar surface area (TPSA) is 38.8 Å². The summed E-state index contributed by atoms with van der Waals surface area (Å²) in [6.07, 6.45) is 3.51. The number of amides is 1. The third kappa shape index (κ3) is 7.24. The average molecular weight is 277 g/mol. The summed E-state index contributed by atoms with van der Waals surface area (Å²) in [7, 11) is 0. The van der Waals surface area contributed by atoms with Gasteiger partial charge in [0.2, 0.25) is 0 Å². The van der Waals surface area contributed by atoms with Crippen molar-refractivity contribution in [1.82, 2.24) is 4.90 Å². The Morgan fingerprint density at radius 1 is 1.06 bits per heavy atom. The first-order chi connectivity index (χ1) is 8.54. The SMILES string of the molecule is CCCCOC(C)N(C(=O)S)C(C)OCCCC. The molecule has 0 aliphatic rings. The number of nitrogens with zero attached hydrogens (tertiary/aromatic N) is 1. The van der Waals surface area contributed by atoms with Crippen molar-refractivity contribution in [3.63, 3.8) is 0 Å². The molecule has 1 amide bonds. The highest BCUT2D eigenvalue weighted by atomic mass is 32.1. The van der Waals surface area contributed by atoms with E-state index in [2.05, 4.69) is 26.5 Å². The van der Waals surface area contributed by atoms with E-state index in [-0.39, 0.29) is 17.7 Å². The van der Waals surface area contributed by atoms with Gasteiger partial charge in [-0.3, -0.25) is 9.69 Å². The van der Waals surface area contributed by atoms with Crippen molar-refractivity contribution >= 4 is 17.9 Å². The van der Waals surface area contributed by atoms with E-state index in [0.717, 1.165) is 25.7 Å². The predicted molar refractivity (Wildman–Crippen MR) is 76.9 cm³/mol. The molecule has 2 atom stereocenters. The molecule has 2 unspecified atom stereocenters. The van der Waals surface area contributed by atoms with Crippen LogP contribution < -0.4 is 0 Å². The molecule has 0 aliphatic heterocycles. The smallest absolute Gasteiger partial charge is 0.282 e. The van der Waals surface area contributed by atoms with Crippen LogP contribution in [0.15, 0.2) is 0 Å². The van der Waals surface area contributed by atoms with Gasteiger partial charge in [0.25, 0.3) is 5.24 Å². The third-order valence-electron chi connectivity index (χ3n) is 2.72. The molecule has 0 fully saturated rings. The standard InChI is InChI=1S/C13H27NO3S/c1-5-7-9-16-11(3)14(13(15)18)12(4)17-10-8-6-2/h11-12H,5-10H2,1-4H3,(H,15,18). The summed E-state index contributed by atoms with van der Waals surface area (Å²) in [5.41, 5.74) is 0. The molecular weight excluding hydrogens is 250 g/mol. The highest BCUT2D eigenvalue weighted by Crippen LogP contribution is 2.13. The van der Waals surface area contributed by atoms with Crippen LogP contribution in [0.4, 0.5) is 4.79 Å². The van der Waals surface area contributed by atoms with Crippen LogP contribution in [0.5, 0.6) is 0 Å². The molecule has 0 bridgehead atoms. The first-order valence-electron chi connectivity index (χ1n) is 6.79. The second-order valence-electron chi connectivity index (χ2n) is 4.34. The maximum Gasteiger partial charge on any atom is 0.282 e. The van der Waals surface area contributed by atoms with E-state index in [1.807, 2.05) is 13.8 Å². The molecule has 4 nitrogen and oxygen atoms in total. The molecule has 0 aromatic heterocycles. The normalized spacial score (nSPS) is 14.3. The van der Waals surface area contributed by atoms with E-state index < -0.39 is 0 Å². The largest absolute Gasteiger partial charge is 0.358 e. The van der Waals surface area contributed by atoms with Gasteiger partial charge in [0.15, 0.2) is 0 Å². The van der Waals surface area contributed by atoms with Crippen molar-refractivity contribution in [3.8, 4) is 0 Å². The lowest BCUT2D eigenvalue weighted by atomic mass is 10.3. The Bertz CT molecular complexity index is 210. The van der Waals surface area contributed by atoms with Gasteiger partial charge in [0, 0.05) is 13.2 Å². The second-order valence-corrected chi connectivity index (χ2v) is 4.72. The fourth-order valence-electron chi connectivity index (χ4n) is 1.56. The minimum atomic E-state index is -0.317. The molecule has 0 saturated carbocycles. The van der Waals surface area contributed by atoms with Crippen LogP contribution >= 0.6 is 12.6 Å². The van der Waals surface area contributed by atoms with Gasteiger partial charge < -0.3 is 9.47 Å². The van der Waals surface area contributed by atoms with Crippen molar-refractivity contribution in [2.24, 2.45) is 0 Å². The molecule has 0 radical (unpaired) electrons. The fourth-order valence-corrected chi connectivity index (χ4v) is 1.89. The molecule has 0 aliphatic carbocycles. The van der Waals surface area contributed by atoms with Gasteiger partial charge in [-0.05, 0) is 26.7 Å². The fraction of sp³-hybridized carbons (Fsp3) is 0.923. The van der Waals surface area contributed by atoms with Gasteiger partial charge in [-0.15, -0.1) is 0 Å². The molecule has 0 saturated heterocycles. The lowest BCUT2D eigenvalue weighted by molar-refractivity contribution is -0.110. The Balaban J connectivity index is 4.21. The summed E-state index contributed by atoms with van der Waals surface area (Å²) in [5, 5.41) is -0.317. The molecular formula is C13H27NO3S. The van der Waals surface area contributed by atoms with Crippen LogP contribution in [0.3, 0.4) is 0 Å². The maximum atomic E-state index is 11.5. The molecule has 5 heteroatoms. The Morgan fingerprint density at radius 3 is 1.72 bits per heavy atom. The lowest BCUT2D eigenvalue weighted by Crippen LogP contribution is -2.45. The third-order valence-corrected chi connectivity index (χ3v) is 2.95. The van der Waals surface area contributed by atoms with Crippen LogP contribution in [0.25, 0.3) is 0 Å². The van der Waals surface area contributed by atoms with Gasteiger partial charge in [-0.2, -0.15) is 0 Å². The molecule has 0 heterocycles. The van der Waals surface area contributed by atoms with Crippen LogP contribution in [0.2, 0.25) is 0 Å². The van der Waals surface area contributed by atoms with E-state index in [1.165, 1.54) is 4.90 Å². The Morgan fingerprint density at radius 2 is 1.44 bits per heavy atom. The van der Waals surface area contributed by atoms with Gasteiger partial charge in [0.05, 0.1) is 0 Å². The van der Waals surface area contributed by atoms with E-state index in [4.69, 9.17) is 9.47 Å². The molecule has 108 valence electrons. The first kappa shape index (κ1) is 17.7. The van der Waals surface area contributed by atoms with Gasteiger partial charge in [-0.25, -0.2) is 0 Å². The van der Waals surface area contributed by atoms with Crippen molar-refractivity contribution in [2.45, 2.75) is 65.8 Å². The van der Waals surface area contributed by atoms with Gasteiger partial charge >= 0.3 is 0 Å². The van der Waals surface area contributed by atoms with E-state index >= 15 is 0 Å². The molecule has 0 rings (SSSR count). The number of thiol groups is 1. The summed E-state index contributed by atoms with van der Waals surface area (Å²) in [6.45, 7) is 9.21.